The van der Waals surface area contributed by atoms with E-state index in [2.05, 4.69) is 56.6 Å². The van der Waals surface area contributed by atoms with Gasteiger partial charge in [-0.05, 0) is 83.4 Å². The van der Waals surface area contributed by atoms with Crippen molar-refractivity contribution in [1.82, 2.24) is 79.1 Å². The van der Waals surface area contributed by atoms with Crippen LogP contribution in [0, 0.1) is 40.7 Å². The van der Waals surface area contributed by atoms with E-state index in [1.54, 1.807) is 108 Å². The number of amides is 3. The SMILES string of the molecule is C.C.C.C.Cn1cc(-c2ccc(Cn3cc(C(=O)Nc4cccnc4)c4ccccc43)c(F)c2)cn1.Cn1cc(-c2ccc(Cn3cc(S(=O)(=O)CCNC(=O)c4cccnn4)c4c(F)cc(F)cc43)c(F)c2)cn1.Cn1cc(-c2ccc(Cn3cc(S(=O)(=O)CCNC(=O)c4ccnnc4)c4c(F)cc(F)cc43)c(F)c2)cn1. The molecule has 3 amide bonds. The van der Waals surface area contributed by atoms with Crippen molar-refractivity contribution in [2.45, 2.75) is 59.1 Å². The third-order valence-electron chi connectivity index (χ3n) is 17.6. The Labute approximate surface area is 651 Å². The van der Waals surface area contributed by atoms with Crippen molar-refractivity contribution in [2.24, 2.45) is 21.1 Å². The van der Waals surface area contributed by atoms with Crippen molar-refractivity contribution in [1.29, 1.82) is 0 Å². The highest BCUT2D eigenvalue weighted by atomic mass is 32.2. The second-order valence-corrected chi connectivity index (χ2v) is 29.4. The molecule has 9 aromatic heterocycles. The Balaban J connectivity index is 0.000000193. The van der Waals surface area contributed by atoms with Gasteiger partial charge in [0, 0.05) is 140 Å². The number of rotatable bonds is 21. The standard InChI is InChI=1S/2C26H21F3N6O3S.C25H20FN5O.4CH4/c1-34-13-19(12-33-34)16-2-3-18(21(28)8-16)14-35-15-24(25-22(29)9-20(27)10-23(25)35)39(37,38)7-6-30-26(36)17-4-5-31-32-11-17;1-34-13-18(12-32-34)16-4-5-17(20(28)9-16)14-35-15-24(25-21(29)10-19(27)11-23(25)35)39(37,38)8-7-30-26(36)22-3-2-6-31-33-22;1-30-14-19(12-28-30)17-8-9-18(23(26)11-17)15-31-16-22(21-6-2-3-7-24(21)31)25(32)29-20-5-4-10-27-13-20;;;;/h2-5,8-13,15H,6-7,14H2,1H3,(H,30,36);2-6,9-13,15H,7-8,14H2,1H3,(H,30,36);2-14,16H,15H2,1H3,(H,29,32);4*1H4. The second-order valence-electron chi connectivity index (χ2n) is 25.2. The zero-order chi connectivity index (χ0) is 77.5. The molecule has 590 valence electrons. The number of nitrogens with one attached hydrogen (secondary N) is 3. The summed E-state index contributed by atoms with van der Waals surface area (Å²) in [5, 5.41) is 34.6. The van der Waals surface area contributed by atoms with Crippen molar-refractivity contribution < 1.29 is 62.0 Å². The van der Waals surface area contributed by atoms with Gasteiger partial charge in [-0.25, -0.2) is 47.6 Å². The van der Waals surface area contributed by atoms with Crippen molar-refractivity contribution >= 4 is 75.8 Å². The van der Waals surface area contributed by atoms with E-state index < -0.39 is 82.8 Å². The highest BCUT2D eigenvalue weighted by Crippen LogP contribution is 2.35. The van der Waals surface area contributed by atoms with Crippen LogP contribution in [0.3, 0.4) is 0 Å². The fourth-order valence-electron chi connectivity index (χ4n) is 12.2. The third kappa shape index (κ3) is 19.2. The van der Waals surface area contributed by atoms with E-state index in [-0.39, 0.29) is 117 Å². The number of carbonyl (C=O) groups is 3. The summed E-state index contributed by atoms with van der Waals surface area (Å²) in [7, 11) is -3.01. The minimum atomic E-state index is -4.16. The van der Waals surface area contributed by atoms with Crippen molar-refractivity contribution in [2.75, 3.05) is 29.9 Å². The Morgan fingerprint density at radius 1 is 0.412 bits per heavy atom. The topological polar surface area (TPSA) is 288 Å². The number of aromatic nitrogens is 14. The number of fused-ring (bicyclic) bond motifs is 3. The normalized spacial score (nSPS) is 11.1. The van der Waals surface area contributed by atoms with E-state index in [9.17, 15) is 53.2 Å². The van der Waals surface area contributed by atoms with Gasteiger partial charge in [-0.15, -0.1) is 5.10 Å². The molecular formula is C81H78F7N17O7S2. The zero-order valence-corrected chi connectivity index (χ0v) is 59.9. The van der Waals surface area contributed by atoms with Crippen molar-refractivity contribution in [3.8, 4) is 33.4 Å². The lowest BCUT2D eigenvalue weighted by Gasteiger charge is -2.08. The molecule has 0 bridgehead atoms. The maximum absolute atomic E-state index is 15.1. The molecule has 0 aliphatic carbocycles. The Morgan fingerprint density at radius 3 is 1.30 bits per heavy atom. The van der Waals surface area contributed by atoms with Crippen LogP contribution in [0.4, 0.5) is 36.4 Å². The average molecular weight is 1600 g/mol. The summed E-state index contributed by atoms with van der Waals surface area (Å²) in [6.45, 7) is -0.627. The summed E-state index contributed by atoms with van der Waals surface area (Å²) in [5.74, 6) is -7.95. The van der Waals surface area contributed by atoms with Crippen LogP contribution in [-0.4, -0.2) is 128 Å². The van der Waals surface area contributed by atoms with Crippen LogP contribution in [0.15, 0.2) is 230 Å². The number of pyridine rings is 1. The molecule has 0 atom stereocenters. The van der Waals surface area contributed by atoms with Crippen LogP contribution in [-0.2, 0) is 60.5 Å². The van der Waals surface area contributed by atoms with Crippen LogP contribution in [0.1, 0.15) is 77.6 Å². The van der Waals surface area contributed by atoms with Gasteiger partial charge in [0.2, 0.25) is 0 Å². The molecule has 33 heteroatoms. The number of halogens is 7. The number of aryl methyl sites for hydroxylation is 3. The van der Waals surface area contributed by atoms with Gasteiger partial charge in [0.25, 0.3) is 17.7 Å². The largest absolute Gasteiger partial charge is 0.351 e. The summed E-state index contributed by atoms with van der Waals surface area (Å²) in [6.07, 6.45) is 21.4. The van der Waals surface area contributed by atoms with Gasteiger partial charge < -0.3 is 29.7 Å². The van der Waals surface area contributed by atoms with E-state index >= 15 is 8.78 Å². The number of hydrogen-bond acceptors (Lipinski definition) is 15. The van der Waals surface area contributed by atoms with E-state index in [0.717, 1.165) is 46.6 Å². The first-order chi connectivity index (χ1) is 52.8. The lowest BCUT2D eigenvalue weighted by Crippen LogP contribution is -2.29. The van der Waals surface area contributed by atoms with Gasteiger partial charge in [-0.3, -0.25) is 33.4 Å². The van der Waals surface area contributed by atoms with Gasteiger partial charge in [-0.1, -0.05) is 84.3 Å². The highest BCUT2D eigenvalue weighted by Gasteiger charge is 2.28. The molecule has 0 fully saturated rings. The molecule has 15 aromatic rings. The minimum Gasteiger partial charge on any atom is -0.351 e. The van der Waals surface area contributed by atoms with Gasteiger partial charge in [0.1, 0.15) is 40.7 Å². The first-order valence-corrected chi connectivity index (χ1v) is 36.8. The Hall–Kier alpha value is -13.3. The molecule has 9 heterocycles. The Bertz CT molecular complexity index is 5950. The minimum absolute atomic E-state index is 0. The molecule has 0 aliphatic rings. The molecule has 3 N–H and O–H groups in total. The number of para-hydroxylation sites is 1. The lowest BCUT2D eigenvalue weighted by atomic mass is 10.1. The molecule has 0 spiro atoms. The predicted molar refractivity (Wildman–Crippen MR) is 421 cm³/mol. The number of anilines is 1. The maximum Gasteiger partial charge on any atom is 0.271 e. The summed E-state index contributed by atoms with van der Waals surface area (Å²) < 4.78 is 165. The lowest BCUT2D eigenvalue weighted by molar-refractivity contribution is 0.0944. The molecule has 6 aromatic carbocycles. The van der Waals surface area contributed by atoms with E-state index in [0.29, 0.717) is 57.7 Å². The third-order valence-corrected chi connectivity index (χ3v) is 21.1. The van der Waals surface area contributed by atoms with Crippen LogP contribution in [0.2, 0.25) is 0 Å². The Morgan fingerprint density at radius 2 is 0.877 bits per heavy atom. The predicted octanol–water partition coefficient (Wildman–Crippen LogP) is 14.4. The van der Waals surface area contributed by atoms with E-state index in [4.69, 9.17) is 0 Å². The van der Waals surface area contributed by atoms with Gasteiger partial charge in [0.05, 0.1) is 117 Å². The number of hydrogen-bond donors (Lipinski definition) is 3. The molecular weight excluding hydrogens is 1520 g/mol. The summed E-state index contributed by atoms with van der Waals surface area (Å²) in [4.78, 5) is 40.6. The van der Waals surface area contributed by atoms with Crippen LogP contribution in [0.25, 0.3) is 66.1 Å². The number of benzene rings is 6. The van der Waals surface area contributed by atoms with Crippen LogP contribution < -0.4 is 16.0 Å². The molecule has 24 nitrogen and oxygen atoms in total. The fourth-order valence-corrected chi connectivity index (χ4v) is 15.0. The molecule has 114 heavy (non-hydrogen) atoms. The number of sulfone groups is 2. The van der Waals surface area contributed by atoms with Gasteiger partial charge >= 0.3 is 0 Å². The number of carbonyl (C=O) groups excluding carboxylic acids is 3. The highest BCUT2D eigenvalue weighted by molar-refractivity contribution is 7.92. The molecule has 0 aliphatic heterocycles. The van der Waals surface area contributed by atoms with Crippen molar-refractivity contribution in [3.63, 3.8) is 0 Å². The van der Waals surface area contributed by atoms with E-state index in [1.165, 1.54) is 76.3 Å². The average Bonchev–Trinajstić information content (AvgIpc) is 1.61. The molecule has 0 saturated carbocycles. The van der Waals surface area contributed by atoms with Crippen LogP contribution in [0.5, 0.6) is 0 Å². The van der Waals surface area contributed by atoms with Crippen molar-refractivity contribution in [3.05, 3.63) is 294 Å². The molecule has 0 radical (unpaired) electrons. The monoisotopic (exact) mass is 1600 g/mol. The first kappa shape index (κ1) is 84.7. The summed E-state index contributed by atoms with van der Waals surface area (Å²) in [5.41, 5.74) is 7.23. The maximum atomic E-state index is 15.1. The zero-order valence-electron chi connectivity index (χ0n) is 58.3. The number of nitrogens with zero attached hydrogens (tertiary/aromatic N) is 14. The first-order valence-electron chi connectivity index (χ1n) is 33.5. The van der Waals surface area contributed by atoms with E-state index in [1.807, 2.05) is 48.1 Å². The summed E-state index contributed by atoms with van der Waals surface area (Å²) >= 11 is 0. The Kier molecular flexibility index (Phi) is 26.9. The molecule has 0 unspecified atom stereocenters. The molecule has 0 saturated heterocycles. The van der Waals surface area contributed by atoms with Gasteiger partial charge in [0.15, 0.2) is 25.4 Å². The quantitative estimate of drug-likeness (QED) is 0.0564. The smallest absolute Gasteiger partial charge is 0.271 e. The second kappa shape index (κ2) is 36.2. The fraction of sp³-hybridized carbons (Fsp3) is 0.173. The summed E-state index contributed by atoms with van der Waals surface area (Å²) in [6, 6.07) is 32.9. The van der Waals surface area contributed by atoms with Gasteiger partial charge in [-0.2, -0.15) is 30.6 Å². The van der Waals surface area contributed by atoms with Crippen LogP contribution >= 0.6 is 0 Å². The molecule has 15 rings (SSSR count).